The van der Waals surface area contributed by atoms with Crippen molar-refractivity contribution in [3.8, 4) is 17.2 Å². The first-order chi connectivity index (χ1) is 25.6. The van der Waals surface area contributed by atoms with Crippen molar-refractivity contribution >= 4 is 52.2 Å². The number of benzene rings is 3. The first-order valence-electron chi connectivity index (χ1n) is 15.7. The molecule has 0 aliphatic carbocycles. The Labute approximate surface area is 431 Å². The van der Waals surface area contributed by atoms with Gasteiger partial charge in [-0.3, -0.25) is 0 Å². The van der Waals surface area contributed by atoms with E-state index in [1.807, 2.05) is 0 Å². The van der Waals surface area contributed by atoms with E-state index in [4.69, 9.17) is 14.2 Å². The second kappa shape index (κ2) is 25.0. The molecule has 0 bridgehead atoms. The molecule has 4 atom stereocenters. The average molecular weight is 935 g/mol. The van der Waals surface area contributed by atoms with E-state index in [0.717, 1.165) is 6.20 Å². The maximum absolute atomic E-state index is 12.7. The van der Waals surface area contributed by atoms with Gasteiger partial charge < -0.3 is 43.1 Å². The van der Waals surface area contributed by atoms with E-state index in [1.54, 1.807) is 0 Å². The molecule has 0 fully saturated rings. The van der Waals surface area contributed by atoms with Crippen LogP contribution in [0.4, 0.5) is 11.8 Å². The summed E-state index contributed by atoms with van der Waals surface area (Å²) in [6.45, 7) is 0. The van der Waals surface area contributed by atoms with Crippen molar-refractivity contribution in [2.45, 2.75) is 40.5 Å². The van der Waals surface area contributed by atoms with Gasteiger partial charge in [0.25, 0.3) is 0 Å². The summed E-state index contributed by atoms with van der Waals surface area (Å²) in [5.41, 5.74) is 0.127. The molecule has 0 radical (unpaired) electrons. The first-order valence-corrected chi connectivity index (χ1v) is 21.6. The summed E-state index contributed by atoms with van der Waals surface area (Å²) in [7, 11) is -17.5. The maximum Gasteiger partial charge on any atom is 1.00 e. The fourth-order valence-electron chi connectivity index (χ4n) is 5.55. The Hall–Kier alpha value is -0.620. The number of ether oxygens (including phenoxy) is 3. The standard InChI is InChI=1S/C32H38N4O15S4.4Na/c1-49-24-15-20(16-25(50-2)30(24)51-3)14-23-19-33-32(35-29(55(46,47)48)18-27(53(40,41)42)22-12-8-5-9-13-22)36-31(23)34-28(54(43,44)45)17-26(52(37,38)39)21-10-6-4-7-11-21;;;;/h4-13,15-16,19,26-29H,14,17-18H2,1-3H3,(H,37,38,39)(H,40,41,42)(H,43,44,45)(H,46,47,48)(H2,33,34,35,36);;;;/q;4*+1/p-4. The Bertz CT molecular complexity index is 2400. The summed E-state index contributed by atoms with van der Waals surface area (Å²) in [5.74, 6) is -0.647. The van der Waals surface area contributed by atoms with Gasteiger partial charge in [-0.05, 0) is 28.8 Å². The molecule has 4 unspecified atom stereocenters. The molecule has 0 spiro atoms. The Morgan fingerprint density at radius 2 is 1.00 bits per heavy atom. The Balaban J connectivity index is 0.00000841. The number of nitrogens with zero attached hydrogens (tertiary/aromatic N) is 2. The second-order valence-electron chi connectivity index (χ2n) is 11.8. The summed E-state index contributed by atoms with van der Waals surface area (Å²) < 4.78 is 165. The third kappa shape index (κ3) is 16.8. The fourth-order valence-corrected chi connectivity index (χ4v) is 8.99. The molecule has 59 heavy (non-hydrogen) atoms. The molecule has 4 aromatic rings. The second-order valence-corrected chi connectivity index (χ2v) is 18.0. The number of hydrogen-bond donors (Lipinski definition) is 2. The maximum atomic E-state index is 12.7. The van der Waals surface area contributed by atoms with E-state index >= 15 is 0 Å². The fraction of sp³-hybridized carbons (Fsp3) is 0.312. The zero-order valence-electron chi connectivity index (χ0n) is 33.1. The van der Waals surface area contributed by atoms with Gasteiger partial charge in [0, 0.05) is 31.0 Å². The smallest absolute Gasteiger partial charge is 0.747 e. The van der Waals surface area contributed by atoms with Crippen LogP contribution in [-0.4, -0.2) is 93.9 Å². The van der Waals surface area contributed by atoms with Crippen LogP contribution in [0.3, 0.4) is 0 Å². The predicted octanol–water partition coefficient (Wildman–Crippen LogP) is -9.97. The van der Waals surface area contributed by atoms with Crippen LogP contribution in [0.1, 0.15) is 45.6 Å². The number of anilines is 2. The van der Waals surface area contributed by atoms with Gasteiger partial charge in [0.05, 0.1) is 31.8 Å². The summed E-state index contributed by atoms with van der Waals surface area (Å²) in [6, 6.07) is 16.5. The van der Waals surface area contributed by atoms with E-state index in [9.17, 15) is 51.9 Å². The SMILES string of the molecule is COc1cc(Cc2cnc(NC(CC(c3ccccc3)S(=O)(=O)[O-])S(=O)(=O)[O-])nc2NC(CC(c2ccccc2)S(=O)(=O)[O-])S(=O)(=O)[O-])cc(OC)c1OC.[Na+].[Na+].[Na+].[Na+]. The van der Waals surface area contributed by atoms with E-state index < -0.39 is 86.3 Å². The summed E-state index contributed by atoms with van der Waals surface area (Å²) >= 11 is 0. The molecule has 4 rings (SSSR count). The van der Waals surface area contributed by atoms with E-state index in [2.05, 4.69) is 20.6 Å². The topological polar surface area (TPSA) is 306 Å². The molecular formula is C32H34N4Na4O15S4. The molecule has 0 amide bonds. The van der Waals surface area contributed by atoms with Crippen molar-refractivity contribution in [2.24, 2.45) is 0 Å². The van der Waals surface area contributed by atoms with Gasteiger partial charge in [0.1, 0.15) is 57.0 Å². The zero-order chi connectivity index (χ0) is 40.8. The number of hydrogen-bond acceptors (Lipinski definition) is 19. The van der Waals surface area contributed by atoms with Crippen LogP contribution in [0.2, 0.25) is 0 Å². The third-order valence-corrected chi connectivity index (χ3v) is 12.5. The van der Waals surface area contributed by atoms with Crippen molar-refractivity contribution in [3.63, 3.8) is 0 Å². The quantitative estimate of drug-likeness (QED) is 0.0651. The van der Waals surface area contributed by atoms with Gasteiger partial charge >= 0.3 is 118 Å². The van der Waals surface area contributed by atoms with Crippen LogP contribution >= 0.6 is 0 Å². The van der Waals surface area contributed by atoms with Gasteiger partial charge in [0.2, 0.25) is 11.7 Å². The van der Waals surface area contributed by atoms with Gasteiger partial charge in [-0.2, -0.15) is 4.98 Å². The molecule has 300 valence electrons. The van der Waals surface area contributed by atoms with Crippen molar-refractivity contribution in [2.75, 3.05) is 32.0 Å². The van der Waals surface area contributed by atoms with Crippen LogP contribution in [0.15, 0.2) is 79.0 Å². The molecular weight excluding hydrogens is 901 g/mol. The normalized spacial score (nSPS) is 13.6. The minimum absolute atomic E-state index is 0. The molecule has 1 heterocycles. The minimum atomic E-state index is -5.52. The predicted molar refractivity (Wildman–Crippen MR) is 192 cm³/mol. The van der Waals surface area contributed by atoms with Crippen molar-refractivity contribution < 1.29 is 184 Å². The van der Waals surface area contributed by atoms with E-state index in [-0.39, 0.29) is 159 Å². The molecule has 0 saturated heterocycles. The zero-order valence-corrected chi connectivity index (χ0v) is 44.4. The molecule has 0 saturated carbocycles. The monoisotopic (exact) mass is 934 g/mol. The van der Waals surface area contributed by atoms with Gasteiger partial charge in [-0.1, -0.05) is 60.7 Å². The third-order valence-electron chi connectivity index (χ3n) is 8.16. The molecule has 2 N–H and O–H groups in total. The number of rotatable bonds is 19. The molecule has 19 nitrogen and oxygen atoms in total. The summed E-state index contributed by atoms with van der Waals surface area (Å²) in [6.07, 6.45) is -1.41. The Morgan fingerprint density at radius 1 is 0.593 bits per heavy atom. The summed E-state index contributed by atoms with van der Waals surface area (Å²) in [5, 5.41) is -4.28. The van der Waals surface area contributed by atoms with Crippen LogP contribution in [-0.2, 0) is 46.9 Å². The Kier molecular flexibility index (Phi) is 24.8. The molecule has 1 aromatic heterocycles. The number of nitrogens with one attached hydrogen (secondary N) is 2. The van der Waals surface area contributed by atoms with Crippen LogP contribution in [0.25, 0.3) is 0 Å². The van der Waals surface area contributed by atoms with Crippen LogP contribution in [0.5, 0.6) is 17.2 Å². The van der Waals surface area contributed by atoms with Crippen LogP contribution in [0, 0.1) is 0 Å². The van der Waals surface area contributed by atoms with Crippen molar-refractivity contribution in [1.29, 1.82) is 0 Å². The summed E-state index contributed by atoms with van der Waals surface area (Å²) in [4.78, 5) is 8.11. The largest absolute Gasteiger partial charge is 1.00 e. The van der Waals surface area contributed by atoms with Gasteiger partial charge in [0.15, 0.2) is 11.5 Å². The molecule has 3 aromatic carbocycles. The number of aromatic nitrogens is 2. The molecule has 0 aliphatic rings. The average Bonchev–Trinajstić information content (AvgIpc) is 3.10. The first kappa shape index (κ1) is 58.4. The van der Waals surface area contributed by atoms with E-state index in [1.165, 1.54) is 94.1 Å². The minimum Gasteiger partial charge on any atom is -0.747 e. The van der Waals surface area contributed by atoms with E-state index in [0.29, 0.717) is 5.56 Å². The Morgan fingerprint density at radius 3 is 1.36 bits per heavy atom. The molecule has 27 heteroatoms. The van der Waals surface area contributed by atoms with Crippen molar-refractivity contribution in [1.82, 2.24) is 9.97 Å². The van der Waals surface area contributed by atoms with Gasteiger partial charge in [-0.15, -0.1) is 0 Å². The van der Waals surface area contributed by atoms with Crippen molar-refractivity contribution in [3.05, 3.63) is 101 Å². The molecule has 0 aliphatic heterocycles. The van der Waals surface area contributed by atoms with Crippen LogP contribution < -0.4 is 143 Å². The number of methoxy groups -OCH3 is 3. The van der Waals surface area contributed by atoms with Gasteiger partial charge in [-0.25, -0.2) is 38.7 Å².